The minimum atomic E-state index is -1.69. The van der Waals surface area contributed by atoms with E-state index in [0.717, 1.165) is 37.7 Å². The highest BCUT2D eigenvalue weighted by Gasteiger charge is 2.68. The summed E-state index contributed by atoms with van der Waals surface area (Å²) in [6.07, 6.45) is 6.86. The summed E-state index contributed by atoms with van der Waals surface area (Å²) in [6.45, 7) is 4.64. The van der Waals surface area contributed by atoms with Crippen LogP contribution in [0, 0.1) is 28.6 Å². The molecule has 0 radical (unpaired) electrons. The Balaban J connectivity index is 1.18. The first-order valence-corrected chi connectivity index (χ1v) is 14.7. The van der Waals surface area contributed by atoms with Crippen LogP contribution in [0.15, 0.2) is 11.6 Å². The number of Topliss-reactive ketones (excluding diaryl/α,β-unsaturated/α-hetero) is 1. The molecule has 39 heavy (non-hydrogen) atoms. The quantitative estimate of drug-likeness (QED) is 0.395. The van der Waals surface area contributed by atoms with Gasteiger partial charge in [0.2, 0.25) is 11.7 Å². The van der Waals surface area contributed by atoms with Gasteiger partial charge in [-0.1, -0.05) is 19.4 Å². The number of esters is 1. The zero-order valence-corrected chi connectivity index (χ0v) is 23.2. The number of carbonyl (C=O) groups is 4. The van der Waals surface area contributed by atoms with Crippen molar-refractivity contribution in [1.29, 1.82) is 0 Å². The summed E-state index contributed by atoms with van der Waals surface area (Å²) in [6, 6.07) is 0. The molecule has 9 heteroatoms. The molecular formula is C30H43NO8. The molecule has 4 aliphatic carbocycles. The summed E-state index contributed by atoms with van der Waals surface area (Å²) in [5, 5.41) is 26.0. The van der Waals surface area contributed by atoms with Gasteiger partial charge in [0.05, 0.1) is 18.6 Å². The molecule has 1 amide bonds. The summed E-state index contributed by atoms with van der Waals surface area (Å²) >= 11 is 0. The Labute approximate surface area is 230 Å². The lowest BCUT2D eigenvalue weighted by molar-refractivity contribution is -0.184. The fourth-order valence-electron chi connectivity index (χ4n) is 8.82. The van der Waals surface area contributed by atoms with E-state index in [0.29, 0.717) is 26.0 Å². The van der Waals surface area contributed by atoms with E-state index in [1.54, 1.807) is 6.08 Å². The van der Waals surface area contributed by atoms with Gasteiger partial charge in [-0.2, -0.15) is 0 Å². The summed E-state index contributed by atoms with van der Waals surface area (Å²) in [5.41, 5.74) is -1.63. The van der Waals surface area contributed by atoms with E-state index in [-0.39, 0.29) is 66.6 Å². The number of aliphatic hydroxyl groups excluding tert-OH is 1. The number of amides is 1. The number of rotatable bonds is 8. The monoisotopic (exact) mass is 545 g/mol. The molecule has 4 fully saturated rings. The van der Waals surface area contributed by atoms with Crippen LogP contribution >= 0.6 is 0 Å². The van der Waals surface area contributed by atoms with Crippen LogP contribution in [-0.2, 0) is 28.7 Å². The molecule has 216 valence electrons. The van der Waals surface area contributed by atoms with Crippen LogP contribution in [0.1, 0.15) is 84.5 Å². The fraction of sp³-hybridized carbons (Fsp3) is 0.800. The third kappa shape index (κ3) is 4.99. The maximum atomic E-state index is 13.4. The molecule has 0 spiro atoms. The van der Waals surface area contributed by atoms with Crippen molar-refractivity contribution in [3.63, 3.8) is 0 Å². The van der Waals surface area contributed by atoms with E-state index in [1.165, 1.54) is 0 Å². The van der Waals surface area contributed by atoms with Gasteiger partial charge < -0.3 is 25.0 Å². The van der Waals surface area contributed by atoms with Crippen molar-refractivity contribution < 1.29 is 38.9 Å². The molecule has 1 aliphatic heterocycles. The van der Waals surface area contributed by atoms with Gasteiger partial charge in [-0.3, -0.25) is 19.2 Å². The molecule has 9 nitrogen and oxygen atoms in total. The fourth-order valence-corrected chi connectivity index (χ4v) is 8.82. The Morgan fingerprint density at radius 1 is 1.13 bits per heavy atom. The molecule has 0 aromatic rings. The second kappa shape index (κ2) is 10.7. The average Bonchev–Trinajstić information content (AvgIpc) is 3.51. The standard InChI is InChI=1S/C30H43NO8/c1-28-11-9-19(32)14-18(28)5-6-21-22-10-12-30(37,29(22,2)15-23(33)27(21)28)24(34)17-39-26(36)8-7-25(35)31-16-20-4-3-13-38-20/h14,20-23,27,33,37H,3-13,15-17H2,1-2H3,(H,31,35)/t20?,21?,22?,23?,27?,28-,29-,30-/m0/s1. The number of hydrogen-bond donors (Lipinski definition) is 3. The molecular weight excluding hydrogens is 502 g/mol. The van der Waals surface area contributed by atoms with E-state index < -0.39 is 35.5 Å². The Morgan fingerprint density at radius 2 is 1.92 bits per heavy atom. The van der Waals surface area contributed by atoms with Crippen LogP contribution < -0.4 is 5.32 Å². The van der Waals surface area contributed by atoms with Crippen molar-refractivity contribution in [3.8, 4) is 0 Å². The summed E-state index contributed by atoms with van der Waals surface area (Å²) in [4.78, 5) is 49.8. The number of ketones is 2. The van der Waals surface area contributed by atoms with Crippen LogP contribution in [0.2, 0.25) is 0 Å². The van der Waals surface area contributed by atoms with E-state index in [9.17, 15) is 29.4 Å². The third-order valence-corrected chi connectivity index (χ3v) is 11.0. The molecule has 0 bridgehead atoms. The van der Waals surface area contributed by atoms with Crippen LogP contribution in [0.25, 0.3) is 0 Å². The van der Waals surface area contributed by atoms with Gasteiger partial charge in [0.15, 0.2) is 12.4 Å². The average molecular weight is 546 g/mol. The SMILES string of the molecule is C[C@]12CCC(=O)C=C1CCC1C2C(O)C[C@@]2(C)C1CC[C@]2(O)C(=O)COC(=O)CCC(=O)NCC1CCCO1. The number of hydrogen-bond acceptors (Lipinski definition) is 8. The van der Waals surface area contributed by atoms with Gasteiger partial charge in [-0.15, -0.1) is 0 Å². The Kier molecular flexibility index (Phi) is 7.81. The number of aliphatic hydroxyl groups is 2. The normalized spacial score (nSPS) is 41.2. The Hall–Kier alpha value is -2.10. The van der Waals surface area contributed by atoms with Gasteiger partial charge in [0.25, 0.3) is 0 Å². The molecule has 8 atom stereocenters. The minimum Gasteiger partial charge on any atom is -0.458 e. The lowest BCUT2D eigenvalue weighted by Crippen LogP contribution is -2.62. The number of ether oxygens (including phenoxy) is 2. The first-order valence-electron chi connectivity index (χ1n) is 14.7. The van der Waals surface area contributed by atoms with Gasteiger partial charge in [-0.25, -0.2) is 0 Å². The molecule has 3 saturated carbocycles. The van der Waals surface area contributed by atoms with E-state index >= 15 is 0 Å². The zero-order valence-electron chi connectivity index (χ0n) is 23.2. The predicted molar refractivity (Wildman–Crippen MR) is 140 cm³/mol. The van der Waals surface area contributed by atoms with Crippen molar-refractivity contribution in [2.75, 3.05) is 19.8 Å². The first-order chi connectivity index (χ1) is 18.5. The topological polar surface area (TPSA) is 139 Å². The lowest BCUT2D eigenvalue weighted by Gasteiger charge is -2.60. The highest BCUT2D eigenvalue weighted by molar-refractivity contribution is 5.92. The number of carbonyl (C=O) groups excluding carboxylic acids is 4. The Morgan fingerprint density at radius 3 is 2.67 bits per heavy atom. The molecule has 5 aliphatic rings. The maximum absolute atomic E-state index is 13.4. The minimum absolute atomic E-state index is 0.00895. The lowest BCUT2D eigenvalue weighted by atomic mass is 9.45. The third-order valence-electron chi connectivity index (χ3n) is 11.0. The van der Waals surface area contributed by atoms with Crippen molar-refractivity contribution >= 4 is 23.4 Å². The molecule has 5 unspecified atom stereocenters. The molecule has 0 aromatic carbocycles. The van der Waals surface area contributed by atoms with E-state index in [1.807, 2.05) is 6.92 Å². The smallest absolute Gasteiger partial charge is 0.306 e. The molecule has 1 heterocycles. The molecule has 5 rings (SSSR count). The largest absolute Gasteiger partial charge is 0.458 e. The second-order valence-corrected chi connectivity index (χ2v) is 13.0. The number of allylic oxidation sites excluding steroid dienone is 1. The van der Waals surface area contributed by atoms with Gasteiger partial charge in [0.1, 0.15) is 5.60 Å². The highest BCUT2D eigenvalue weighted by atomic mass is 16.5. The number of fused-ring (bicyclic) bond motifs is 5. The maximum Gasteiger partial charge on any atom is 0.306 e. The van der Waals surface area contributed by atoms with Crippen molar-refractivity contribution in [2.45, 2.75) is 102 Å². The van der Waals surface area contributed by atoms with Crippen LogP contribution in [0.4, 0.5) is 0 Å². The van der Waals surface area contributed by atoms with Crippen LogP contribution in [0.5, 0.6) is 0 Å². The second-order valence-electron chi connectivity index (χ2n) is 13.0. The highest BCUT2D eigenvalue weighted by Crippen LogP contribution is 2.67. The van der Waals surface area contributed by atoms with Crippen molar-refractivity contribution in [3.05, 3.63) is 11.6 Å². The summed E-state index contributed by atoms with van der Waals surface area (Å²) in [7, 11) is 0. The van der Waals surface area contributed by atoms with Crippen LogP contribution in [-0.4, -0.2) is 71.2 Å². The van der Waals surface area contributed by atoms with Crippen molar-refractivity contribution in [2.24, 2.45) is 28.6 Å². The molecule has 0 aromatic heterocycles. The van der Waals surface area contributed by atoms with Crippen molar-refractivity contribution in [1.82, 2.24) is 5.32 Å². The zero-order chi connectivity index (χ0) is 28.0. The first kappa shape index (κ1) is 28.4. The summed E-state index contributed by atoms with van der Waals surface area (Å²) in [5.74, 6) is -1.12. The molecule has 3 N–H and O–H groups in total. The van der Waals surface area contributed by atoms with E-state index in [2.05, 4.69) is 12.2 Å². The predicted octanol–water partition coefficient (Wildman–Crippen LogP) is 2.41. The molecule has 1 saturated heterocycles. The summed E-state index contributed by atoms with van der Waals surface area (Å²) < 4.78 is 10.7. The van der Waals surface area contributed by atoms with Gasteiger partial charge in [-0.05, 0) is 80.6 Å². The van der Waals surface area contributed by atoms with Gasteiger partial charge in [0, 0.05) is 31.4 Å². The van der Waals surface area contributed by atoms with Gasteiger partial charge >= 0.3 is 5.97 Å². The number of nitrogens with one attached hydrogen (secondary N) is 1. The van der Waals surface area contributed by atoms with Crippen LogP contribution in [0.3, 0.4) is 0 Å². The van der Waals surface area contributed by atoms with E-state index in [4.69, 9.17) is 9.47 Å². The Bertz CT molecular complexity index is 1050.